The number of fused-ring (bicyclic) bond motifs is 3. The lowest BCUT2D eigenvalue weighted by Gasteiger charge is -1.98. The van der Waals surface area contributed by atoms with E-state index in [0.717, 1.165) is 6.42 Å². The van der Waals surface area contributed by atoms with Gasteiger partial charge in [-0.3, -0.25) is 14.9 Å². The van der Waals surface area contributed by atoms with E-state index in [1.54, 1.807) is 0 Å². The largest absolute Gasteiger partial charge is 0.296 e. The molecule has 22 heavy (non-hydrogen) atoms. The van der Waals surface area contributed by atoms with Crippen molar-refractivity contribution in [2.45, 2.75) is 12.8 Å². The van der Waals surface area contributed by atoms with Crippen molar-refractivity contribution in [1.29, 1.82) is 0 Å². The van der Waals surface area contributed by atoms with Crippen molar-refractivity contribution in [3.05, 3.63) is 72.3 Å². The molecule has 1 unspecified atom stereocenters. The van der Waals surface area contributed by atoms with Crippen LogP contribution in [0, 0.1) is 5.92 Å². The van der Waals surface area contributed by atoms with Gasteiger partial charge in [0.05, 0.1) is 5.92 Å². The molecule has 0 radical (unpaired) electrons. The molecule has 110 valence electrons. The normalized spacial score (nSPS) is 17.9. The first kappa shape index (κ1) is 14.3. The van der Waals surface area contributed by atoms with E-state index in [1.807, 2.05) is 0 Å². The van der Waals surface area contributed by atoms with Crippen molar-refractivity contribution in [2.75, 3.05) is 0 Å². The Kier molecular flexibility index (Phi) is 3.88. The molecule has 0 spiro atoms. The molecule has 1 saturated heterocycles. The summed E-state index contributed by atoms with van der Waals surface area (Å²) in [7, 11) is 0. The molecule has 1 atom stereocenters. The topological polar surface area (TPSA) is 46.2 Å². The summed E-state index contributed by atoms with van der Waals surface area (Å²) in [5.74, 6) is -0.725. The third-order valence-electron chi connectivity index (χ3n) is 4.00. The predicted molar refractivity (Wildman–Crippen MR) is 86.1 cm³/mol. The van der Waals surface area contributed by atoms with E-state index in [0.29, 0.717) is 0 Å². The molecule has 3 heteroatoms. The molecule has 2 amide bonds. The van der Waals surface area contributed by atoms with Crippen LogP contribution in [0.15, 0.2) is 61.2 Å². The summed E-state index contributed by atoms with van der Waals surface area (Å²) < 4.78 is 0. The van der Waals surface area contributed by atoms with E-state index in [2.05, 4.69) is 60.4 Å². The molecular weight excluding hydrogens is 274 g/mol. The van der Waals surface area contributed by atoms with Gasteiger partial charge in [0.2, 0.25) is 11.8 Å². The van der Waals surface area contributed by atoms with Crippen LogP contribution in [-0.4, -0.2) is 11.8 Å². The Morgan fingerprint density at radius 1 is 0.955 bits per heavy atom. The molecule has 1 aliphatic carbocycles. The lowest BCUT2D eigenvalue weighted by atomic mass is 10.1. The standard InChI is InChI=1S/C13H10.C6H7NO2/c1-3-7-12-10(5-1)9-11-6-2-4-8-13(11)12;1-2-4-3-5(8)7-6(4)9/h1-8H,9H2;2,4H,1,3H2,(H,7,8,9). The van der Waals surface area contributed by atoms with Crippen LogP contribution in [0.5, 0.6) is 0 Å². The molecule has 0 saturated carbocycles. The molecule has 0 bridgehead atoms. The fourth-order valence-electron chi connectivity index (χ4n) is 2.84. The Balaban J connectivity index is 0.000000142. The number of hydrogen-bond donors (Lipinski definition) is 1. The van der Waals surface area contributed by atoms with E-state index < -0.39 is 0 Å². The zero-order chi connectivity index (χ0) is 15.5. The fraction of sp³-hybridized carbons (Fsp3) is 0.158. The minimum Gasteiger partial charge on any atom is -0.296 e. The summed E-state index contributed by atoms with van der Waals surface area (Å²) in [6, 6.07) is 17.3. The summed E-state index contributed by atoms with van der Waals surface area (Å²) >= 11 is 0. The van der Waals surface area contributed by atoms with Crippen molar-refractivity contribution in [3.63, 3.8) is 0 Å². The van der Waals surface area contributed by atoms with E-state index in [4.69, 9.17) is 0 Å². The van der Waals surface area contributed by atoms with Crippen LogP contribution < -0.4 is 5.32 Å². The molecule has 3 nitrogen and oxygen atoms in total. The highest BCUT2D eigenvalue weighted by Gasteiger charge is 2.27. The third-order valence-corrected chi connectivity index (χ3v) is 4.00. The zero-order valence-corrected chi connectivity index (χ0v) is 12.2. The van der Waals surface area contributed by atoms with E-state index in [9.17, 15) is 9.59 Å². The van der Waals surface area contributed by atoms with Crippen LogP contribution >= 0.6 is 0 Å². The van der Waals surface area contributed by atoms with E-state index in [-0.39, 0.29) is 24.2 Å². The molecule has 1 N–H and O–H groups in total. The van der Waals surface area contributed by atoms with E-state index in [1.165, 1.54) is 28.3 Å². The highest BCUT2D eigenvalue weighted by Crippen LogP contribution is 2.35. The molecular formula is C19H17NO2. The Morgan fingerprint density at radius 2 is 1.50 bits per heavy atom. The number of hydrogen-bond acceptors (Lipinski definition) is 2. The van der Waals surface area contributed by atoms with Crippen molar-refractivity contribution >= 4 is 11.8 Å². The number of imide groups is 1. The Morgan fingerprint density at radius 3 is 1.91 bits per heavy atom. The van der Waals surface area contributed by atoms with Gasteiger partial charge in [0.25, 0.3) is 0 Å². The Labute approximate surface area is 129 Å². The summed E-state index contributed by atoms with van der Waals surface area (Å²) in [5.41, 5.74) is 5.75. The van der Waals surface area contributed by atoms with Crippen LogP contribution in [0.1, 0.15) is 17.5 Å². The van der Waals surface area contributed by atoms with Gasteiger partial charge in [0.15, 0.2) is 0 Å². The first-order valence-electron chi connectivity index (χ1n) is 7.31. The Bertz CT molecular complexity index is 705. The number of benzene rings is 2. The van der Waals surface area contributed by atoms with Crippen molar-refractivity contribution in [1.82, 2.24) is 5.32 Å². The lowest BCUT2D eigenvalue weighted by Crippen LogP contribution is -2.21. The van der Waals surface area contributed by atoms with Gasteiger partial charge in [-0.2, -0.15) is 0 Å². The molecule has 1 fully saturated rings. The van der Waals surface area contributed by atoms with Crippen LogP contribution in [0.2, 0.25) is 0 Å². The second-order valence-electron chi connectivity index (χ2n) is 5.45. The first-order valence-corrected chi connectivity index (χ1v) is 7.31. The first-order chi connectivity index (χ1) is 10.7. The van der Waals surface area contributed by atoms with Crippen LogP contribution in [-0.2, 0) is 16.0 Å². The van der Waals surface area contributed by atoms with Crippen molar-refractivity contribution in [2.24, 2.45) is 5.92 Å². The number of amides is 2. The van der Waals surface area contributed by atoms with Gasteiger partial charge < -0.3 is 0 Å². The minimum absolute atomic E-state index is 0.204. The molecule has 1 aliphatic heterocycles. The van der Waals surface area contributed by atoms with Gasteiger partial charge in [0, 0.05) is 6.42 Å². The van der Waals surface area contributed by atoms with Gasteiger partial charge in [-0.25, -0.2) is 0 Å². The average molecular weight is 291 g/mol. The lowest BCUT2D eigenvalue weighted by molar-refractivity contribution is -0.125. The highest BCUT2D eigenvalue weighted by atomic mass is 16.2. The van der Waals surface area contributed by atoms with Crippen LogP contribution in [0.25, 0.3) is 11.1 Å². The molecule has 2 aromatic rings. The second-order valence-corrected chi connectivity index (χ2v) is 5.45. The zero-order valence-electron chi connectivity index (χ0n) is 12.2. The molecule has 2 aromatic carbocycles. The maximum Gasteiger partial charge on any atom is 0.233 e. The van der Waals surface area contributed by atoms with Gasteiger partial charge in [-0.15, -0.1) is 6.58 Å². The SMILES string of the molecule is C=CC1CC(=O)NC1=O.c1ccc2c(c1)Cc1ccccc1-2. The van der Waals surface area contributed by atoms with Crippen LogP contribution in [0.4, 0.5) is 0 Å². The fourth-order valence-corrected chi connectivity index (χ4v) is 2.84. The van der Waals surface area contributed by atoms with E-state index >= 15 is 0 Å². The van der Waals surface area contributed by atoms with Gasteiger partial charge >= 0.3 is 0 Å². The average Bonchev–Trinajstić information content (AvgIpc) is 3.07. The minimum atomic E-state index is -0.294. The highest BCUT2D eigenvalue weighted by molar-refractivity contribution is 6.04. The number of nitrogens with one attached hydrogen (secondary N) is 1. The second kappa shape index (κ2) is 5.98. The van der Waals surface area contributed by atoms with Gasteiger partial charge in [-0.1, -0.05) is 54.6 Å². The summed E-state index contributed by atoms with van der Waals surface area (Å²) in [6.07, 6.45) is 2.86. The molecule has 0 aromatic heterocycles. The predicted octanol–water partition coefficient (Wildman–Crippen LogP) is 3.09. The summed E-state index contributed by atoms with van der Waals surface area (Å²) in [6.45, 7) is 3.41. The maximum absolute atomic E-state index is 10.6. The van der Waals surface area contributed by atoms with Crippen LogP contribution in [0.3, 0.4) is 0 Å². The number of carbonyl (C=O) groups is 2. The molecule has 4 rings (SSSR count). The monoisotopic (exact) mass is 291 g/mol. The number of rotatable bonds is 1. The third kappa shape index (κ3) is 2.70. The Hall–Kier alpha value is -2.68. The van der Waals surface area contributed by atoms with Crippen molar-refractivity contribution in [3.8, 4) is 11.1 Å². The smallest absolute Gasteiger partial charge is 0.233 e. The van der Waals surface area contributed by atoms with Crippen molar-refractivity contribution < 1.29 is 9.59 Å². The summed E-state index contributed by atoms with van der Waals surface area (Å²) in [4.78, 5) is 21.1. The molecule has 1 heterocycles. The maximum atomic E-state index is 10.6. The quantitative estimate of drug-likeness (QED) is 0.553. The number of carbonyl (C=O) groups excluding carboxylic acids is 2. The summed E-state index contributed by atoms with van der Waals surface area (Å²) in [5, 5.41) is 2.17. The molecule has 2 aliphatic rings. The van der Waals surface area contributed by atoms with Gasteiger partial charge in [-0.05, 0) is 28.7 Å². The van der Waals surface area contributed by atoms with Gasteiger partial charge in [0.1, 0.15) is 0 Å².